The van der Waals surface area contributed by atoms with Gasteiger partial charge in [-0.15, -0.1) is 10.2 Å². The number of carbonyl (C=O) groups excluding carboxylic acids is 1. The van der Waals surface area contributed by atoms with Crippen LogP contribution in [0.5, 0.6) is 0 Å². The summed E-state index contributed by atoms with van der Waals surface area (Å²) < 4.78 is 7.03. The lowest BCUT2D eigenvalue weighted by atomic mass is 10.1. The van der Waals surface area contributed by atoms with E-state index in [1.54, 1.807) is 7.11 Å². The molecule has 1 amide bonds. The zero-order valence-corrected chi connectivity index (χ0v) is 18.3. The first-order chi connectivity index (χ1) is 14.7. The summed E-state index contributed by atoms with van der Waals surface area (Å²) in [5.74, 6) is 1.14. The molecule has 30 heavy (non-hydrogen) atoms. The molecule has 0 bridgehead atoms. The van der Waals surface area contributed by atoms with Gasteiger partial charge in [0.1, 0.15) is 5.82 Å². The van der Waals surface area contributed by atoms with Crippen LogP contribution in [0.1, 0.15) is 23.9 Å². The monoisotopic (exact) mass is 424 g/mol. The number of aryl methyl sites for hydroxylation is 3. The van der Waals surface area contributed by atoms with E-state index in [1.165, 1.54) is 22.9 Å². The molecule has 7 heteroatoms. The van der Waals surface area contributed by atoms with E-state index in [1.807, 2.05) is 18.2 Å². The zero-order chi connectivity index (χ0) is 21.2. The van der Waals surface area contributed by atoms with Crippen molar-refractivity contribution < 1.29 is 9.53 Å². The lowest BCUT2D eigenvalue weighted by molar-refractivity contribution is -0.118. The summed E-state index contributed by atoms with van der Waals surface area (Å²) in [6.45, 7) is 3.14. The average molecular weight is 425 g/mol. The number of aromatic nitrogens is 3. The predicted molar refractivity (Wildman–Crippen MR) is 120 cm³/mol. The largest absolute Gasteiger partial charge is 0.383 e. The van der Waals surface area contributed by atoms with Gasteiger partial charge in [0, 0.05) is 25.8 Å². The molecule has 0 aliphatic heterocycles. The van der Waals surface area contributed by atoms with E-state index in [2.05, 4.69) is 63.4 Å². The van der Waals surface area contributed by atoms with Gasteiger partial charge in [-0.25, -0.2) is 0 Å². The Bertz CT molecular complexity index is 926. The summed E-state index contributed by atoms with van der Waals surface area (Å²) in [7, 11) is 1.62. The lowest BCUT2D eigenvalue weighted by Crippen LogP contribution is -2.28. The number of thioether (sulfide) groups is 1. The molecule has 0 saturated carbocycles. The molecule has 0 spiro atoms. The number of rotatable bonds is 11. The van der Waals surface area contributed by atoms with Gasteiger partial charge >= 0.3 is 0 Å². The molecule has 0 atom stereocenters. The number of methoxy groups -OCH3 is 1. The van der Waals surface area contributed by atoms with Gasteiger partial charge in [-0.2, -0.15) is 0 Å². The van der Waals surface area contributed by atoms with Gasteiger partial charge < -0.3 is 10.1 Å². The normalized spacial score (nSPS) is 10.9. The van der Waals surface area contributed by atoms with Crippen molar-refractivity contribution in [2.75, 3.05) is 26.0 Å². The third kappa shape index (κ3) is 6.18. The number of hydrogen-bond acceptors (Lipinski definition) is 5. The van der Waals surface area contributed by atoms with Crippen LogP contribution in [0.3, 0.4) is 0 Å². The number of nitrogens with one attached hydrogen (secondary N) is 1. The molecule has 0 saturated heterocycles. The molecule has 0 aliphatic rings. The number of carbonyl (C=O) groups is 1. The number of hydrogen-bond donors (Lipinski definition) is 1. The summed E-state index contributed by atoms with van der Waals surface area (Å²) in [4.78, 5) is 12.1. The summed E-state index contributed by atoms with van der Waals surface area (Å²) >= 11 is 1.40. The topological polar surface area (TPSA) is 69.0 Å². The van der Waals surface area contributed by atoms with Crippen LogP contribution < -0.4 is 5.32 Å². The molecular weight excluding hydrogens is 396 g/mol. The zero-order valence-electron chi connectivity index (χ0n) is 17.5. The van der Waals surface area contributed by atoms with Crippen LogP contribution in [0, 0.1) is 0 Å². The molecule has 158 valence electrons. The Morgan fingerprint density at radius 3 is 2.50 bits per heavy atom. The molecule has 6 nitrogen and oxygen atoms in total. The van der Waals surface area contributed by atoms with E-state index >= 15 is 0 Å². The second-order valence-electron chi connectivity index (χ2n) is 6.87. The third-order valence-corrected chi connectivity index (χ3v) is 5.67. The Hall–Kier alpha value is -2.64. The number of ether oxygens (including phenoxy) is 1. The molecule has 1 aromatic heterocycles. The van der Waals surface area contributed by atoms with Crippen molar-refractivity contribution in [1.29, 1.82) is 0 Å². The summed E-state index contributed by atoms with van der Waals surface area (Å²) in [6.07, 6.45) is 2.65. The van der Waals surface area contributed by atoms with Crippen LogP contribution in [0.4, 0.5) is 0 Å². The fourth-order valence-electron chi connectivity index (χ4n) is 3.07. The molecule has 1 N–H and O–H groups in total. The van der Waals surface area contributed by atoms with E-state index < -0.39 is 0 Å². The first-order valence-electron chi connectivity index (χ1n) is 10.2. The fourth-order valence-corrected chi connectivity index (χ4v) is 3.87. The van der Waals surface area contributed by atoms with Crippen LogP contribution in [0.2, 0.25) is 0 Å². The molecule has 1 heterocycles. The van der Waals surface area contributed by atoms with Gasteiger partial charge in [0.15, 0.2) is 5.16 Å². The molecule has 0 fully saturated rings. The van der Waals surface area contributed by atoms with Crippen molar-refractivity contribution in [3.8, 4) is 5.69 Å². The van der Waals surface area contributed by atoms with E-state index in [9.17, 15) is 4.79 Å². The van der Waals surface area contributed by atoms with Gasteiger partial charge in [0.2, 0.25) is 5.91 Å². The number of benzene rings is 2. The van der Waals surface area contributed by atoms with Crippen molar-refractivity contribution in [3.63, 3.8) is 0 Å². The van der Waals surface area contributed by atoms with Crippen molar-refractivity contribution in [2.24, 2.45) is 0 Å². The minimum atomic E-state index is -0.0428. The highest BCUT2D eigenvalue weighted by Gasteiger charge is 2.16. The minimum Gasteiger partial charge on any atom is -0.383 e. The van der Waals surface area contributed by atoms with E-state index in [0.717, 1.165) is 35.9 Å². The van der Waals surface area contributed by atoms with Gasteiger partial charge in [-0.3, -0.25) is 9.36 Å². The molecule has 3 rings (SSSR count). The smallest absolute Gasteiger partial charge is 0.230 e. The van der Waals surface area contributed by atoms with Gasteiger partial charge in [-0.05, 0) is 36.1 Å². The molecule has 0 aliphatic carbocycles. The highest BCUT2D eigenvalue weighted by atomic mass is 32.2. The maximum absolute atomic E-state index is 12.1. The van der Waals surface area contributed by atoms with Crippen molar-refractivity contribution in [1.82, 2.24) is 20.1 Å². The predicted octanol–water partition coefficient (Wildman–Crippen LogP) is 3.47. The maximum Gasteiger partial charge on any atom is 0.230 e. The van der Waals surface area contributed by atoms with Crippen LogP contribution in [0.15, 0.2) is 59.8 Å². The second kappa shape index (κ2) is 11.5. The Labute approximate surface area is 182 Å². The van der Waals surface area contributed by atoms with Crippen LogP contribution in [-0.2, 0) is 28.8 Å². The first-order valence-corrected chi connectivity index (χ1v) is 11.2. The van der Waals surface area contributed by atoms with Gasteiger partial charge in [0.05, 0.1) is 12.4 Å². The molecule has 2 aromatic carbocycles. The average Bonchev–Trinajstić information content (AvgIpc) is 3.20. The van der Waals surface area contributed by atoms with Crippen LogP contribution in [-0.4, -0.2) is 46.7 Å². The maximum atomic E-state index is 12.1. The Kier molecular flexibility index (Phi) is 8.47. The molecule has 3 aromatic rings. The first kappa shape index (κ1) is 22.1. The highest BCUT2D eigenvalue weighted by Crippen LogP contribution is 2.23. The van der Waals surface area contributed by atoms with Crippen LogP contribution in [0.25, 0.3) is 5.69 Å². The van der Waals surface area contributed by atoms with Crippen molar-refractivity contribution in [2.45, 2.75) is 31.3 Å². The van der Waals surface area contributed by atoms with E-state index in [-0.39, 0.29) is 11.7 Å². The lowest BCUT2D eigenvalue weighted by Gasteiger charge is -2.11. The summed E-state index contributed by atoms with van der Waals surface area (Å²) in [5, 5.41) is 12.4. The number of nitrogens with zero attached hydrogens (tertiary/aromatic N) is 3. The molecule has 0 radical (unpaired) electrons. The highest BCUT2D eigenvalue weighted by molar-refractivity contribution is 7.99. The summed E-state index contributed by atoms with van der Waals surface area (Å²) in [6, 6.07) is 18.8. The minimum absolute atomic E-state index is 0.0428. The second-order valence-corrected chi connectivity index (χ2v) is 7.81. The van der Waals surface area contributed by atoms with E-state index in [0.29, 0.717) is 13.2 Å². The van der Waals surface area contributed by atoms with E-state index in [4.69, 9.17) is 4.74 Å². The van der Waals surface area contributed by atoms with Gasteiger partial charge in [0.25, 0.3) is 0 Å². The molecular formula is C23H28N4O2S. The Morgan fingerprint density at radius 1 is 1.03 bits per heavy atom. The Morgan fingerprint density at radius 2 is 1.80 bits per heavy atom. The summed E-state index contributed by atoms with van der Waals surface area (Å²) in [5.41, 5.74) is 3.56. The van der Waals surface area contributed by atoms with Gasteiger partial charge in [-0.1, -0.05) is 61.2 Å². The van der Waals surface area contributed by atoms with Crippen molar-refractivity contribution >= 4 is 17.7 Å². The third-order valence-electron chi connectivity index (χ3n) is 4.74. The quantitative estimate of drug-likeness (QED) is 0.377. The molecule has 0 unspecified atom stereocenters. The number of amides is 1. The fraction of sp³-hybridized carbons (Fsp3) is 0.348. The van der Waals surface area contributed by atoms with Crippen LogP contribution >= 0.6 is 11.8 Å². The Balaban J connectivity index is 1.77. The standard InChI is InChI=1S/C23H28N4O2S/c1-3-18-9-12-20(13-10-18)27-21(14-11-19-7-5-4-6-8-19)25-26-23(27)30-17-22(28)24-15-16-29-2/h4-10,12-13H,3,11,14-17H2,1-2H3,(H,24,28). The van der Waals surface area contributed by atoms with Crippen molar-refractivity contribution in [3.05, 3.63) is 71.5 Å². The SMILES string of the molecule is CCc1ccc(-n2c(CCc3ccccc3)nnc2SCC(=O)NCCOC)cc1.